The third-order valence-electron chi connectivity index (χ3n) is 3.28. The van der Waals surface area contributed by atoms with Crippen molar-refractivity contribution in [2.75, 3.05) is 24.5 Å². The number of halogens is 1. The molecule has 1 aliphatic heterocycles. The number of rotatable bonds is 2. The summed E-state index contributed by atoms with van der Waals surface area (Å²) in [4.78, 5) is 38.7. The summed E-state index contributed by atoms with van der Waals surface area (Å²) in [7, 11) is 0. The molecule has 0 saturated carbocycles. The van der Waals surface area contributed by atoms with Gasteiger partial charge < -0.3 is 4.90 Å². The van der Waals surface area contributed by atoms with Gasteiger partial charge in [0, 0.05) is 31.0 Å². The van der Waals surface area contributed by atoms with Gasteiger partial charge in [-0.25, -0.2) is 14.4 Å². The fraction of sp³-hybridized carbons (Fsp3) is 0.214. The highest BCUT2D eigenvalue weighted by Gasteiger charge is 2.29. The average Bonchev–Trinajstić information content (AvgIpc) is 2.56. The molecule has 8 heteroatoms. The van der Waals surface area contributed by atoms with E-state index in [0.717, 1.165) is 12.4 Å². The highest BCUT2D eigenvalue weighted by Crippen LogP contribution is 2.14. The van der Waals surface area contributed by atoms with E-state index >= 15 is 0 Å². The number of carbonyl (C=O) groups is 2. The molecule has 0 bridgehead atoms. The first-order valence-corrected chi connectivity index (χ1v) is 6.62. The van der Waals surface area contributed by atoms with Crippen molar-refractivity contribution in [3.63, 3.8) is 0 Å². The maximum absolute atomic E-state index is 12.8. The maximum Gasteiger partial charge on any atom is 0.254 e. The van der Waals surface area contributed by atoms with Crippen LogP contribution in [0.25, 0.3) is 0 Å². The Morgan fingerprint density at radius 2 is 1.82 bits per heavy atom. The molecule has 0 spiro atoms. The zero-order chi connectivity index (χ0) is 15.5. The summed E-state index contributed by atoms with van der Waals surface area (Å²) in [5.74, 6) is -0.958. The number of pyridine rings is 1. The molecule has 112 valence electrons. The molecule has 0 aliphatic carbocycles. The summed E-state index contributed by atoms with van der Waals surface area (Å²) in [6.45, 7) is 0.552. The van der Waals surface area contributed by atoms with Crippen LogP contribution in [0.2, 0.25) is 0 Å². The molecule has 0 atom stereocenters. The highest BCUT2D eigenvalue weighted by atomic mass is 19.1. The minimum absolute atomic E-state index is 0.0676. The van der Waals surface area contributed by atoms with Crippen molar-refractivity contribution in [2.45, 2.75) is 0 Å². The van der Waals surface area contributed by atoms with Crippen molar-refractivity contribution >= 4 is 17.8 Å². The molecular weight excluding hydrogens is 289 g/mol. The first-order valence-electron chi connectivity index (χ1n) is 6.62. The summed E-state index contributed by atoms with van der Waals surface area (Å²) in [6, 6.07) is 3.20. The Morgan fingerprint density at radius 3 is 2.45 bits per heavy atom. The third kappa shape index (κ3) is 2.76. The fourth-order valence-corrected chi connectivity index (χ4v) is 2.18. The second kappa shape index (κ2) is 5.84. The number of hydrogen-bond donors (Lipinski definition) is 0. The Labute approximate surface area is 125 Å². The van der Waals surface area contributed by atoms with E-state index in [1.807, 2.05) is 0 Å². The first kappa shape index (κ1) is 14.1. The van der Waals surface area contributed by atoms with Crippen molar-refractivity contribution in [3.05, 3.63) is 48.3 Å². The van der Waals surface area contributed by atoms with Crippen molar-refractivity contribution in [2.24, 2.45) is 0 Å². The number of piperazine rings is 1. The SMILES string of the molecule is O=C(c1ccncc1)N1CCN(c2ncc(F)cn2)C(=O)C1. The van der Waals surface area contributed by atoms with Crippen LogP contribution in [0.5, 0.6) is 0 Å². The molecule has 0 radical (unpaired) electrons. The molecule has 2 amide bonds. The highest BCUT2D eigenvalue weighted by molar-refractivity contribution is 6.00. The lowest BCUT2D eigenvalue weighted by atomic mass is 10.2. The average molecular weight is 301 g/mol. The second-order valence-corrected chi connectivity index (χ2v) is 4.71. The summed E-state index contributed by atoms with van der Waals surface area (Å²) in [6.07, 6.45) is 5.06. The molecular formula is C14H12FN5O2. The van der Waals surface area contributed by atoms with Crippen LogP contribution in [0.1, 0.15) is 10.4 Å². The van der Waals surface area contributed by atoms with Crippen molar-refractivity contribution in [3.8, 4) is 0 Å². The van der Waals surface area contributed by atoms with E-state index in [-0.39, 0.29) is 30.9 Å². The Hall–Kier alpha value is -2.90. The van der Waals surface area contributed by atoms with E-state index in [9.17, 15) is 14.0 Å². The molecule has 1 saturated heterocycles. The predicted octanol–water partition coefficient (Wildman–Crippen LogP) is 0.500. The van der Waals surface area contributed by atoms with Gasteiger partial charge in [-0.3, -0.25) is 19.5 Å². The van der Waals surface area contributed by atoms with E-state index < -0.39 is 5.82 Å². The summed E-state index contributed by atoms with van der Waals surface area (Å²) in [5.41, 5.74) is 0.481. The number of nitrogens with zero attached hydrogens (tertiary/aromatic N) is 5. The van der Waals surface area contributed by atoms with Gasteiger partial charge >= 0.3 is 0 Å². The van der Waals surface area contributed by atoms with E-state index in [4.69, 9.17) is 0 Å². The Balaban J connectivity index is 1.71. The summed E-state index contributed by atoms with van der Waals surface area (Å²) >= 11 is 0. The number of amides is 2. The molecule has 3 heterocycles. The Bertz CT molecular complexity index is 692. The van der Waals surface area contributed by atoms with Crippen LogP contribution in [0.3, 0.4) is 0 Å². The maximum atomic E-state index is 12.8. The molecule has 2 aromatic heterocycles. The molecule has 0 N–H and O–H groups in total. The van der Waals surface area contributed by atoms with Gasteiger partial charge in [-0.05, 0) is 12.1 Å². The zero-order valence-electron chi connectivity index (χ0n) is 11.5. The molecule has 7 nitrogen and oxygen atoms in total. The van der Waals surface area contributed by atoms with E-state index in [1.165, 1.54) is 22.2 Å². The third-order valence-corrected chi connectivity index (χ3v) is 3.28. The quantitative estimate of drug-likeness (QED) is 0.807. The Kier molecular flexibility index (Phi) is 3.73. The lowest BCUT2D eigenvalue weighted by Gasteiger charge is -2.33. The van der Waals surface area contributed by atoms with Crippen molar-refractivity contribution in [1.82, 2.24) is 19.9 Å². The normalized spacial score (nSPS) is 15.0. The topological polar surface area (TPSA) is 79.3 Å². The van der Waals surface area contributed by atoms with Gasteiger partial charge in [-0.1, -0.05) is 0 Å². The molecule has 22 heavy (non-hydrogen) atoms. The van der Waals surface area contributed by atoms with Gasteiger partial charge in [-0.15, -0.1) is 0 Å². The largest absolute Gasteiger partial charge is 0.328 e. The van der Waals surface area contributed by atoms with Gasteiger partial charge in [0.1, 0.15) is 6.54 Å². The smallest absolute Gasteiger partial charge is 0.254 e. The summed E-state index contributed by atoms with van der Waals surface area (Å²) in [5, 5.41) is 0. The van der Waals surface area contributed by atoms with Gasteiger partial charge in [0.05, 0.1) is 12.4 Å². The van der Waals surface area contributed by atoms with Crippen LogP contribution in [-0.2, 0) is 4.79 Å². The van der Waals surface area contributed by atoms with Crippen LogP contribution in [0.4, 0.5) is 10.3 Å². The fourth-order valence-electron chi connectivity index (χ4n) is 2.18. The van der Waals surface area contributed by atoms with Crippen LogP contribution in [0, 0.1) is 5.82 Å². The Morgan fingerprint density at radius 1 is 1.14 bits per heavy atom. The molecule has 3 rings (SSSR count). The predicted molar refractivity (Wildman–Crippen MR) is 74.5 cm³/mol. The molecule has 1 aliphatic rings. The first-order chi connectivity index (χ1) is 10.6. The minimum Gasteiger partial charge on any atom is -0.328 e. The number of aromatic nitrogens is 3. The standard InChI is InChI=1S/C14H12FN5O2/c15-11-7-17-14(18-8-11)20-6-5-19(9-12(20)21)13(22)10-1-3-16-4-2-10/h1-4,7-8H,5-6,9H2. The van der Waals surface area contributed by atoms with Crippen molar-refractivity contribution < 1.29 is 14.0 Å². The van der Waals surface area contributed by atoms with Crippen LogP contribution in [0.15, 0.2) is 36.9 Å². The lowest BCUT2D eigenvalue weighted by Crippen LogP contribution is -2.52. The minimum atomic E-state index is -0.567. The zero-order valence-corrected chi connectivity index (χ0v) is 11.5. The van der Waals surface area contributed by atoms with E-state index in [2.05, 4.69) is 15.0 Å². The monoisotopic (exact) mass is 301 g/mol. The van der Waals surface area contributed by atoms with E-state index in [0.29, 0.717) is 12.1 Å². The molecule has 1 fully saturated rings. The van der Waals surface area contributed by atoms with Gasteiger partial charge in [-0.2, -0.15) is 0 Å². The molecule has 0 aromatic carbocycles. The van der Waals surface area contributed by atoms with Crippen molar-refractivity contribution in [1.29, 1.82) is 0 Å². The van der Waals surface area contributed by atoms with Gasteiger partial charge in [0.15, 0.2) is 5.82 Å². The van der Waals surface area contributed by atoms with Crippen LogP contribution >= 0.6 is 0 Å². The number of anilines is 1. The van der Waals surface area contributed by atoms with Crippen LogP contribution < -0.4 is 4.90 Å². The van der Waals surface area contributed by atoms with Gasteiger partial charge in [0.25, 0.3) is 5.91 Å². The van der Waals surface area contributed by atoms with E-state index in [1.54, 1.807) is 12.1 Å². The molecule has 2 aromatic rings. The van der Waals surface area contributed by atoms with Crippen LogP contribution in [-0.4, -0.2) is 51.3 Å². The van der Waals surface area contributed by atoms with Gasteiger partial charge in [0.2, 0.25) is 11.9 Å². The molecule has 0 unspecified atom stereocenters. The lowest BCUT2D eigenvalue weighted by molar-refractivity contribution is -0.120. The summed E-state index contributed by atoms with van der Waals surface area (Å²) < 4.78 is 12.8. The number of carbonyl (C=O) groups excluding carboxylic acids is 2. The second-order valence-electron chi connectivity index (χ2n) is 4.71. The number of hydrogen-bond acceptors (Lipinski definition) is 5.